The van der Waals surface area contributed by atoms with Crippen LogP contribution in [0, 0.1) is 0 Å². The van der Waals surface area contributed by atoms with Gasteiger partial charge >= 0.3 is 0 Å². The fourth-order valence-corrected chi connectivity index (χ4v) is 3.70. The maximum atomic E-state index is 10.2. The number of aliphatic imine (C=N–C) groups is 2. The number of allylic oxidation sites excluding steroid dienone is 2. The van der Waals surface area contributed by atoms with Gasteiger partial charge in [0.2, 0.25) is 5.91 Å². The van der Waals surface area contributed by atoms with E-state index >= 15 is 0 Å². The first-order valence-electron chi connectivity index (χ1n) is 17.9. The van der Waals surface area contributed by atoms with Crippen molar-refractivity contribution in [2.75, 3.05) is 26.3 Å². The molecule has 0 unspecified atom stereocenters. The molecule has 10 rings (SSSR count). The number of benzene rings is 1. The van der Waals surface area contributed by atoms with E-state index in [-0.39, 0.29) is 24.7 Å². The van der Waals surface area contributed by atoms with E-state index in [4.69, 9.17) is 4.74 Å². The van der Waals surface area contributed by atoms with Gasteiger partial charge in [-0.3, -0.25) is 29.5 Å². The van der Waals surface area contributed by atoms with Crippen molar-refractivity contribution in [3.05, 3.63) is 176 Å². The zero-order valence-corrected chi connectivity index (χ0v) is 32.6. The minimum Gasteiger partial charge on any atom is -0.381 e. The summed E-state index contributed by atoms with van der Waals surface area (Å²) in [5.74, 6) is -0.157. The highest BCUT2D eigenvalue weighted by atomic mass is 32.1. The molecule has 4 aliphatic rings. The number of hydrogen-bond acceptors (Lipinski definition) is 14. The Bertz CT molecular complexity index is 1390. The number of carbonyl (C=O) groups is 2. The molecular formula is C42H50N10O4S. The molecule has 14 nitrogen and oxygen atoms in total. The van der Waals surface area contributed by atoms with Gasteiger partial charge in [0.15, 0.2) is 5.78 Å². The van der Waals surface area contributed by atoms with E-state index in [0.717, 1.165) is 26.2 Å². The molecule has 4 aliphatic heterocycles. The summed E-state index contributed by atoms with van der Waals surface area (Å²) in [6.45, 7) is 3.12. The monoisotopic (exact) mass is 790 g/mol. The molecule has 0 radical (unpaired) electrons. The Morgan fingerprint density at radius 2 is 1.32 bits per heavy atom. The average Bonchev–Trinajstić information content (AvgIpc) is 4.18. The number of rotatable bonds is 0. The van der Waals surface area contributed by atoms with E-state index in [1.165, 1.54) is 31.9 Å². The first-order valence-corrected chi connectivity index (χ1v) is 18.8. The maximum absolute atomic E-state index is 10.2. The highest BCUT2D eigenvalue weighted by Crippen LogP contribution is 2.02. The second-order valence-electron chi connectivity index (χ2n) is 10.4. The van der Waals surface area contributed by atoms with Gasteiger partial charge in [-0.1, -0.05) is 59.8 Å². The molecule has 1 amide bonds. The zero-order valence-electron chi connectivity index (χ0n) is 31.8. The van der Waals surface area contributed by atoms with E-state index in [1.807, 2.05) is 96.6 Å². The number of carbonyl (C=O) groups excluding carboxylic acids is 2. The number of nitrogens with zero attached hydrogens (tertiary/aromatic N) is 9. The van der Waals surface area contributed by atoms with Gasteiger partial charge in [0.25, 0.3) is 0 Å². The number of amides is 1. The molecule has 2 saturated heterocycles. The average molecular weight is 791 g/mol. The number of nitrogens with one attached hydrogen (secondary N) is 1. The predicted octanol–water partition coefficient (Wildman–Crippen LogP) is 7.40. The Morgan fingerprint density at radius 3 is 1.49 bits per heavy atom. The summed E-state index contributed by atoms with van der Waals surface area (Å²) >= 11 is 1.60. The van der Waals surface area contributed by atoms with E-state index in [0.29, 0.717) is 0 Å². The molecule has 0 spiro atoms. The fourth-order valence-electron chi connectivity index (χ4n) is 3.35. The second-order valence-corrected chi connectivity index (χ2v) is 11.2. The smallest absolute Gasteiger partial charge is 0.227 e. The van der Waals surface area contributed by atoms with Crippen LogP contribution in [0.15, 0.2) is 191 Å². The molecule has 0 atom stereocenters. The lowest BCUT2D eigenvalue weighted by Gasteiger charge is -2.08. The van der Waals surface area contributed by atoms with Crippen molar-refractivity contribution in [3.63, 3.8) is 0 Å². The highest BCUT2D eigenvalue weighted by molar-refractivity contribution is 7.07. The van der Waals surface area contributed by atoms with Gasteiger partial charge in [-0.05, 0) is 61.7 Å². The van der Waals surface area contributed by atoms with Crippen molar-refractivity contribution >= 4 is 35.5 Å². The third-order valence-electron chi connectivity index (χ3n) is 5.88. The van der Waals surface area contributed by atoms with Crippen molar-refractivity contribution in [1.82, 2.24) is 40.6 Å². The topological polar surface area (TPSA) is 183 Å². The standard InChI is InChI=1S/C6H6.C5H5N.C5H10O.2C4H4N2.C4H5NO2.2C4H5N.C3H3NO.C3H3NS/c3*1-2-4-6-5-3-1;1-2-5-4-6-3-1;1-2-4-6-5-3-1;6-3-1-4(7)5-2-3;3*1-2-4-5-3-1;1-2-5-3-4-1/h1-6H;1-5H;1-5H2;2*1-4H;1-2H2,(H,5,7);1,3-4H,2H2;1-3H,4H2;2*1-3H. The summed E-state index contributed by atoms with van der Waals surface area (Å²) in [7, 11) is 0. The van der Waals surface area contributed by atoms with Gasteiger partial charge < -0.3 is 14.6 Å². The van der Waals surface area contributed by atoms with Gasteiger partial charge in [0.05, 0.1) is 31.2 Å². The van der Waals surface area contributed by atoms with E-state index in [2.05, 4.69) is 55.1 Å². The third kappa shape index (κ3) is 40.3. The normalized spacial score (nSPS) is 12.8. The highest BCUT2D eigenvalue weighted by Gasteiger charge is 2.16. The molecule has 5 aromatic heterocycles. The van der Waals surface area contributed by atoms with E-state index < -0.39 is 0 Å². The predicted molar refractivity (Wildman–Crippen MR) is 225 cm³/mol. The van der Waals surface area contributed by atoms with Crippen molar-refractivity contribution in [3.8, 4) is 0 Å². The Hall–Kier alpha value is -6.71. The molecule has 1 aromatic carbocycles. The Morgan fingerprint density at radius 1 is 0.649 bits per heavy atom. The first-order chi connectivity index (χ1) is 28.3. The number of ketones is 1. The maximum Gasteiger partial charge on any atom is 0.227 e. The quantitative estimate of drug-likeness (QED) is 0.151. The molecule has 0 aliphatic carbocycles. The van der Waals surface area contributed by atoms with E-state index in [9.17, 15) is 9.59 Å². The Kier molecular flexibility index (Phi) is 35.6. The third-order valence-corrected chi connectivity index (χ3v) is 6.41. The van der Waals surface area contributed by atoms with Crippen molar-refractivity contribution in [2.24, 2.45) is 9.98 Å². The van der Waals surface area contributed by atoms with Crippen LogP contribution in [-0.2, 0) is 14.3 Å². The van der Waals surface area contributed by atoms with Crippen LogP contribution >= 0.6 is 11.3 Å². The largest absolute Gasteiger partial charge is 0.381 e. The summed E-state index contributed by atoms with van der Waals surface area (Å²) in [6.07, 6.45) is 33.0. The molecule has 0 bridgehead atoms. The van der Waals surface area contributed by atoms with Crippen LogP contribution in [0.3, 0.4) is 0 Å². The molecule has 9 heterocycles. The summed E-state index contributed by atoms with van der Waals surface area (Å²) in [4.78, 5) is 42.8. The fraction of sp³-hybridized carbons (Fsp3) is 0.214. The molecule has 0 saturated carbocycles. The van der Waals surface area contributed by atoms with Crippen molar-refractivity contribution < 1.29 is 18.8 Å². The lowest BCUT2D eigenvalue weighted by Crippen LogP contribution is -2.13. The van der Waals surface area contributed by atoms with E-state index in [1.54, 1.807) is 91.0 Å². The van der Waals surface area contributed by atoms with Gasteiger partial charge in [-0.25, -0.2) is 9.97 Å². The second kappa shape index (κ2) is 42.0. The van der Waals surface area contributed by atoms with Crippen LogP contribution in [0.2, 0.25) is 0 Å². The van der Waals surface area contributed by atoms with Gasteiger partial charge in [0, 0.05) is 87.0 Å². The number of ether oxygens (including phenoxy) is 1. The zero-order chi connectivity index (χ0) is 40.6. The number of Topliss-reactive ketones (excluding diaryl/α,β-unsaturated/α-hetero) is 1. The Balaban J connectivity index is 0.000000317. The summed E-state index contributed by atoms with van der Waals surface area (Å²) in [5.41, 5.74) is 1.79. The van der Waals surface area contributed by atoms with Gasteiger partial charge in [0.1, 0.15) is 12.6 Å². The first kappa shape index (κ1) is 48.3. The van der Waals surface area contributed by atoms with Crippen LogP contribution in [0.4, 0.5) is 0 Å². The molecular weight excluding hydrogens is 741 g/mol. The van der Waals surface area contributed by atoms with Crippen LogP contribution in [-0.4, -0.2) is 85.7 Å². The molecule has 298 valence electrons. The minimum absolute atomic E-state index is 0.00926. The Labute approximate surface area is 338 Å². The number of thiazole rings is 1. The lowest BCUT2D eigenvalue weighted by molar-refractivity contribution is -0.122. The molecule has 1 N–H and O–H groups in total. The van der Waals surface area contributed by atoms with Crippen LogP contribution in [0.1, 0.15) is 32.1 Å². The van der Waals surface area contributed by atoms with Crippen LogP contribution in [0.25, 0.3) is 0 Å². The van der Waals surface area contributed by atoms with Crippen LogP contribution < -0.4 is 5.32 Å². The number of pyridine rings is 1. The van der Waals surface area contributed by atoms with Gasteiger partial charge in [-0.2, -0.15) is 10.2 Å². The number of aromatic nitrogens is 7. The summed E-state index contributed by atoms with van der Waals surface area (Å²) in [5, 5.41) is 14.7. The van der Waals surface area contributed by atoms with Gasteiger partial charge in [-0.15, -0.1) is 11.3 Å². The van der Waals surface area contributed by atoms with Crippen LogP contribution in [0.5, 0.6) is 0 Å². The molecule has 15 heteroatoms. The minimum atomic E-state index is -0.148. The number of hydrogen-bond donors (Lipinski definition) is 1. The summed E-state index contributed by atoms with van der Waals surface area (Å²) in [6, 6.07) is 24.9. The molecule has 2 fully saturated rings. The SMILES string of the molecule is C1=CCN=C1.C1=CN=CC1.C1CCOCC1.O=C1CNC(=O)C1.c1ccccc1.c1ccncc1.c1ccnnc1.c1cncnc1.c1cnoc1.c1cscn1. The van der Waals surface area contributed by atoms with Crippen molar-refractivity contribution in [1.29, 1.82) is 0 Å². The lowest BCUT2D eigenvalue weighted by atomic mass is 10.2. The van der Waals surface area contributed by atoms with Crippen molar-refractivity contribution in [2.45, 2.75) is 32.1 Å². The molecule has 57 heavy (non-hydrogen) atoms. The summed E-state index contributed by atoms with van der Waals surface area (Å²) < 4.78 is 9.40. The molecule has 6 aromatic rings.